The number of primary amides is 1. The summed E-state index contributed by atoms with van der Waals surface area (Å²) in [7, 11) is 0. The molecule has 0 atom stereocenters. The second-order valence-corrected chi connectivity index (χ2v) is 7.22. The van der Waals surface area contributed by atoms with Crippen LogP contribution >= 0.6 is 11.8 Å². The van der Waals surface area contributed by atoms with Crippen molar-refractivity contribution >= 4 is 23.7 Å². The molecule has 0 saturated carbocycles. The zero-order chi connectivity index (χ0) is 21.3. The third-order valence-corrected chi connectivity index (χ3v) is 4.97. The molecule has 2 aromatic carbocycles. The summed E-state index contributed by atoms with van der Waals surface area (Å²) in [6.45, 7) is 0.0321. The van der Waals surface area contributed by atoms with Crippen molar-refractivity contribution in [1.82, 2.24) is 20.1 Å². The third-order valence-electron chi connectivity index (χ3n) is 3.95. The maximum atomic E-state index is 13.8. The van der Waals surface area contributed by atoms with Gasteiger partial charge in [0.15, 0.2) is 22.5 Å². The van der Waals surface area contributed by atoms with Crippen LogP contribution in [0.1, 0.15) is 18.7 Å². The van der Waals surface area contributed by atoms with Gasteiger partial charge in [-0.15, -0.1) is 10.2 Å². The summed E-state index contributed by atoms with van der Waals surface area (Å²) in [5, 5.41) is 11.1. The molecule has 0 saturated heterocycles. The number of urea groups is 1. The standard InChI is InChI=1S/C20H20FN5O3S/c21-15-9-4-5-10-16(15)29-13-17-24-25-20(26(17)14-7-2-1-3-8-14)30-12-6-11-18(27)23-19(22)28/h1-5,7-10H,6,11-13H2,(H3,22,23,27,28). The fraction of sp³-hybridized carbons (Fsp3) is 0.200. The average molecular weight is 429 g/mol. The number of benzene rings is 2. The van der Waals surface area contributed by atoms with Gasteiger partial charge in [0.25, 0.3) is 0 Å². The topological polar surface area (TPSA) is 112 Å². The highest BCUT2D eigenvalue weighted by atomic mass is 32.2. The molecule has 0 radical (unpaired) electrons. The van der Waals surface area contributed by atoms with E-state index in [9.17, 15) is 14.0 Å². The lowest BCUT2D eigenvalue weighted by Gasteiger charge is -2.11. The third kappa shape index (κ3) is 5.80. The minimum atomic E-state index is -0.865. The van der Waals surface area contributed by atoms with E-state index in [4.69, 9.17) is 10.5 Å². The van der Waals surface area contributed by atoms with Gasteiger partial charge in [0, 0.05) is 17.9 Å². The van der Waals surface area contributed by atoms with Crippen LogP contribution in [0.2, 0.25) is 0 Å². The molecule has 0 aliphatic rings. The van der Waals surface area contributed by atoms with E-state index in [1.807, 2.05) is 40.2 Å². The minimum absolute atomic E-state index is 0.0321. The van der Waals surface area contributed by atoms with E-state index in [0.29, 0.717) is 23.2 Å². The summed E-state index contributed by atoms with van der Waals surface area (Å²) in [5.74, 6) is 0.345. The molecule has 3 aromatic rings. The van der Waals surface area contributed by atoms with Crippen molar-refractivity contribution in [3.63, 3.8) is 0 Å². The van der Waals surface area contributed by atoms with Crippen LogP contribution < -0.4 is 15.8 Å². The highest BCUT2D eigenvalue weighted by Gasteiger charge is 2.16. The van der Waals surface area contributed by atoms with Crippen LogP contribution in [0.3, 0.4) is 0 Å². The molecule has 0 aliphatic heterocycles. The zero-order valence-corrected chi connectivity index (χ0v) is 16.8. The van der Waals surface area contributed by atoms with Gasteiger partial charge in [-0.3, -0.25) is 14.7 Å². The quantitative estimate of drug-likeness (QED) is 0.399. The van der Waals surface area contributed by atoms with Crippen molar-refractivity contribution in [1.29, 1.82) is 0 Å². The number of imide groups is 1. The fourth-order valence-corrected chi connectivity index (χ4v) is 3.53. The van der Waals surface area contributed by atoms with Gasteiger partial charge in [0.1, 0.15) is 6.61 Å². The van der Waals surface area contributed by atoms with Gasteiger partial charge >= 0.3 is 6.03 Å². The number of nitrogens with zero attached hydrogens (tertiary/aromatic N) is 3. The Morgan fingerprint density at radius 2 is 1.83 bits per heavy atom. The summed E-state index contributed by atoms with van der Waals surface area (Å²) in [6.07, 6.45) is 0.686. The Hall–Kier alpha value is -3.40. The Labute approximate surface area is 176 Å². The summed E-state index contributed by atoms with van der Waals surface area (Å²) in [6, 6.07) is 14.8. The van der Waals surface area contributed by atoms with Crippen LogP contribution in [-0.2, 0) is 11.4 Å². The molecule has 8 nitrogen and oxygen atoms in total. The number of ether oxygens (including phenoxy) is 1. The van der Waals surface area contributed by atoms with E-state index >= 15 is 0 Å². The van der Waals surface area contributed by atoms with E-state index in [2.05, 4.69) is 10.2 Å². The number of nitrogens with two attached hydrogens (primary N) is 1. The number of hydrogen-bond acceptors (Lipinski definition) is 6. The van der Waals surface area contributed by atoms with Gasteiger partial charge in [-0.25, -0.2) is 9.18 Å². The molecule has 3 amide bonds. The fourth-order valence-electron chi connectivity index (χ4n) is 2.62. The Kier molecular flexibility index (Phi) is 7.39. The normalized spacial score (nSPS) is 10.6. The molecular weight excluding hydrogens is 409 g/mol. The largest absolute Gasteiger partial charge is 0.483 e. The SMILES string of the molecule is NC(=O)NC(=O)CCCSc1nnc(COc2ccccc2F)n1-c1ccccc1. The number of thioether (sulfide) groups is 1. The number of nitrogens with one attached hydrogen (secondary N) is 1. The Bertz CT molecular complexity index is 1010. The summed E-state index contributed by atoms with van der Waals surface area (Å²) in [4.78, 5) is 22.2. The van der Waals surface area contributed by atoms with Crippen LogP contribution in [-0.4, -0.2) is 32.5 Å². The first-order valence-electron chi connectivity index (χ1n) is 9.13. The van der Waals surface area contributed by atoms with Crippen LogP contribution in [0.25, 0.3) is 5.69 Å². The van der Waals surface area contributed by atoms with Gasteiger partial charge in [0.2, 0.25) is 5.91 Å². The molecule has 0 spiro atoms. The number of carbonyl (C=O) groups is 2. The van der Waals surface area contributed by atoms with Gasteiger partial charge in [-0.1, -0.05) is 42.1 Å². The first-order valence-corrected chi connectivity index (χ1v) is 10.1. The lowest BCUT2D eigenvalue weighted by Crippen LogP contribution is -2.34. The molecule has 3 N–H and O–H groups in total. The Balaban J connectivity index is 1.70. The predicted octanol–water partition coefficient (Wildman–Crippen LogP) is 3.05. The van der Waals surface area contributed by atoms with Gasteiger partial charge < -0.3 is 10.5 Å². The molecule has 1 heterocycles. The molecule has 0 aliphatic carbocycles. The van der Waals surface area contributed by atoms with Gasteiger partial charge in [0.05, 0.1) is 0 Å². The maximum absolute atomic E-state index is 13.8. The molecule has 0 unspecified atom stereocenters. The molecule has 1 aromatic heterocycles. The second kappa shape index (κ2) is 10.4. The summed E-state index contributed by atoms with van der Waals surface area (Å²) in [5.41, 5.74) is 5.76. The Morgan fingerprint density at radius 3 is 2.57 bits per heavy atom. The number of carbonyl (C=O) groups excluding carboxylic acids is 2. The summed E-state index contributed by atoms with van der Waals surface area (Å²) >= 11 is 1.41. The van der Waals surface area contributed by atoms with Gasteiger partial charge in [-0.2, -0.15) is 0 Å². The van der Waals surface area contributed by atoms with Crippen molar-refractivity contribution in [2.75, 3.05) is 5.75 Å². The number of para-hydroxylation sites is 2. The molecule has 156 valence electrons. The lowest BCUT2D eigenvalue weighted by molar-refractivity contribution is -0.119. The predicted molar refractivity (Wildman–Crippen MR) is 110 cm³/mol. The Morgan fingerprint density at radius 1 is 1.10 bits per heavy atom. The van der Waals surface area contributed by atoms with Gasteiger partial charge in [-0.05, 0) is 30.7 Å². The van der Waals surface area contributed by atoms with Crippen LogP contribution in [0, 0.1) is 5.82 Å². The highest BCUT2D eigenvalue weighted by molar-refractivity contribution is 7.99. The average Bonchev–Trinajstić information content (AvgIpc) is 3.13. The van der Waals surface area contributed by atoms with E-state index in [0.717, 1.165) is 5.69 Å². The smallest absolute Gasteiger partial charge is 0.318 e. The number of hydrogen-bond donors (Lipinski definition) is 2. The zero-order valence-electron chi connectivity index (χ0n) is 16.0. The monoisotopic (exact) mass is 429 g/mol. The van der Waals surface area contributed by atoms with E-state index < -0.39 is 17.8 Å². The summed E-state index contributed by atoms with van der Waals surface area (Å²) < 4.78 is 21.3. The number of halogens is 1. The van der Waals surface area contributed by atoms with Crippen LogP contribution in [0.4, 0.5) is 9.18 Å². The van der Waals surface area contributed by atoms with Crippen LogP contribution in [0.15, 0.2) is 59.8 Å². The molecule has 30 heavy (non-hydrogen) atoms. The molecule has 10 heteroatoms. The van der Waals surface area contributed by atoms with Crippen LogP contribution in [0.5, 0.6) is 5.75 Å². The minimum Gasteiger partial charge on any atom is -0.483 e. The molecule has 0 bridgehead atoms. The molecule has 0 fully saturated rings. The van der Waals surface area contributed by atoms with Crippen molar-refractivity contribution < 1.29 is 18.7 Å². The lowest BCUT2D eigenvalue weighted by atomic mass is 10.3. The number of aromatic nitrogens is 3. The number of amides is 3. The van der Waals surface area contributed by atoms with Crippen molar-refractivity contribution in [3.8, 4) is 11.4 Å². The van der Waals surface area contributed by atoms with E-state index in [1.54, 1.807) is 18.2 Å². The van der Waals surface area contributed by atoms with E-state index in [1.165, 1.54) is 17.8 Å². The number of rotatable bonds is 9. The second-order valence-electron chi connectivity index (χ2n) is 6.15. The van der Waals surface area contributed by atoms with E-state index in [-0.39, 0.29) is 18.8 Å². The van der Waals surface area contributed by atoms with Crippen molar-refractivity contribution in [3.05, 3.63) is 66.2 Å². The van der Waals surface area contributed by atoms with Crippen molar-refractivity contribution in [2.24, 2.45) is 5.73 Å². The van der Waals surface area contributed by atoms with Crippen molar-refractivity contribution in [2.45, 2.75) is 24.6 Å². The first-order chi connectivity index (χ1) is 14.5. The molecule has 3 rings (SSSR count). The maximum Gasteiger partial charge on any atom is 0.318 e. The first kappa shape index (κ1) is 21.3. The highest BCUT2D eigenvalue weighted by Crippen LogP contribution is 2.24. The molecular formula is C20H20FN5O3S.